The lowest BCUT2D eigenvalue weighted by atomic mass is 9.79. The number of aromatic nitrogens is 1. The summed E-state index contributed by atoms with van der Waals surface area (Å²) in [6, 6.07) is 12.5. The minimum atomic E-state index is -0.645. The molecule has 1 aliphatic rings. The molecule has 0 unspecified atom stereocenters. The Bertz CT molecular complexity index is 1040. The monoisotopic (exact) mass is 423 g/mol. The lowest BCUT2D eigenvalue weighted by molar-refractivity contribution is -0.129. The molecule has 2 amide bonds. The Kier molecular flexibility index (Phi) is 5.47. The van der Waals surface area contributed by atoms with E-state index in [2.05, 4.69) is 46.2 Å². The van der Waals surface area contributed by atoms with E-state index in [-0.39, 0.29) is 11.8 Å². The molecule has 1 N–H and O–H groups in total. The summed E-state index contributed by atoms with van der Waals surface area (Å²) < 4.78 is 5.16. The number of likely N-dealkylation sites (tertiary alicyclic amines) is 1. The Labute approximate surface area is 179 Å². The van der Waals surface area contributed by atoms with E-state index in [1.54, 1.807) is 37.1 Å². The van der Waals surface area contributed by atoms with Crippen LogP contribution in [-0.4, -0.2) is 42.0 Å². The van der Waals surface area contributed by atoms with Gasteiger partial charge in [-0.05, 0) is 49.3 Å². The lowest BCUT2D eigenvalue weighted by Crippen LogP contribution is -2.44. The highest BCUT2D eigenvalue weighted by atomic mass is 32.1. The molecule has 1 saturated heterocycles. The molecule has 1 atom stereocenters. The van der Waals surface area contributed by atoms with Crippen LogP contribution in [0, 0.1) is 19.3 Å². The number of aryl methyl sites for hydroxylation is 2. The molecule has 3 aromatic rings. The summed E-state index contributed by atoms with van der Waals surface area (Å²) in [6.45, 7) is 4.41. The van der Waals surface area contributed by atoms with Crippen LogP contribution in [0.15, 0.2) is 46.3 Å². The zero-order valence-electron chi connectivity index (χ0n) is 17.4. The molecular weight excluding hydrogens is 398 g/mol. The molecule has 2 aromatic heterocycles. The number of amides is 2. The third-order valence-electron chi connectivity index (χ3n) is 5.90. The van der Waals surface area contributed by atoms with Crippen LogP contribution >= 0.6 is 11.3 Å². The minimum Gasteiger partial charge on any atom is -0.361 e. The number of hydrogen-bond donors (Lipinski definition) is 1. The molecule has 4 rings (SSSR count). The summed E-state index contributed by atoms with van der Waals surface area (Å²) in [5.74, 6) is 0.364. The van der Waals surface area contributed by atoms with Gasteiger partial charge in [-0.1, -0.05) is 35.5 Å². The zero-order chi connectivity index (χ0) is 21.3. The van der Waals surface area contributed by atoms with Crippen molar-refractivity contribution in [1.29, 1.82) is 0 Å². The highest BCUT2D eigenvalue weighted by molar-refractivity contribution is 7.13. The first-order valence-electron chi connectivity index (χ1n) is 10.0. The molecule has 1 aromatic carbocycles. The minimum absolute atomic E-state index is 0.0288. The SMILES string of the molecule is CNC(=O)[C@@]1(Cc2ccc(-c3cccs3)cc2)CCN(C(=O)c2c(C)noc2C)C1. The maximum absolute atomic E-state index is 13.1. The van der Waals surface area contributed by atoms with Crippen LogP contribution in [0.1, 0.15) is 33.8 Å². The van der Waals surface area contributed by atoms with E-state index < -0.39 is 5.41 Å². The van der Waals surface area contributed by atoms with E-state index in [0.29, 0.717) is 42.9 Å². The van der Waals surface area contributed by atoms with Gasteiger partial charge in [0.1, 0.15) is 11.3 Å². The van der Waals surface area contributed by atoms with Crippen molar-refractivity contribution in [2.45, 2.75) is 26.7 Å². The number of rotatable bonds is 5. The average molecular weight is 424 g/mol. The van der Waals surface area contributed by atoms with E-state index in [0.717, 1.165) is 5.56 Å². The first kappa shape index (κ1) is 20.3. The predicted molar refractivity (Wildman–Crippen MR) is 116 cm³/mol. The smallest absolute Gasteiger partial charge is 0.259 e. The van der Waals surface area contributed by atoms with Crippen molar-refractivity contribution in [1.82, 2.24) is 15.4 Å². The molecule has 1 fully saturated rings. The molecule has 0 bridgehead atoms. The van der Waals surface area contributed by atoms with Gasteiger partial charge in [0, 0.05) is 25.0 Å². The van der Waals surface area contributed by atoms with Crippen LogP contribution in [0.2, 0.25) is 0 Å². The molecular formula is C23H25N3O3S. The van der Waals surface area contributed by atoms with Crippen LogP contribution in [0.4, 0.5) is 0 Å². The van der Waals surface area contributed by atoms with E-state index in [1.807, 2.05) is 6.07 Å². The molecule has 0 spiro atoms. The summed E-state index contributed by atoms with van der Waals surface area (Å²) in [5, 5.41) is 8.77. The highest BCUT2D eigenvalue weighted by Crippen LogP contribution is 2.36. The topological polar surface area (TPSA) is 75.4 Å². The van der Waals surface area contributed by atoms with E-state index in [1.165, 1.54) is 10.4 Å². The number of carbonyl (C=O) groups is 2. The lowest BCUT2D eigenvalue weighted by Gasteiger charge is -2.28. The summed E-state index contributed by atoms with van der Waals surface area (Å²) >= 11 is 1.71. The van der Waals surface area contributed by atoms with E-state index >= 15 is 0 Å². The van der Waals surface area contributed by atoms with Crippen molar-refractivity contribution >= 4 is 23.2 Å². The number of hydrogen-bond acceptors (Lipinski definition) is 5. The van der Waals surface area contributed by atoms with Gasteiger partial charge in [0.2, 0.25) is 5.91 Å². The second-order valence-electron chi connectivity index (χ2n) is 7.89. The van der Waals surface area contributed by atoms with Gasteiger partial charge in [0.25, 0.3) is 5.91 Å². The average Bonchev–Trinajstić information content (AvgIpc) is 3.49. The molecule has 156 valence electrons. The van der Waals surface area contributed by atoms with Crippen molar-refractivity contribution in [3.63, 3.8) is 0 Å². The molecule has 3 heterocycles. The molecule has 0 saturated carbocycles. The van der Waals surface area contributed by atoms with Crippen LogP contribution < -0.4 is 5.32 Å². The van der Waals surface area contributed by atoms with Crippen molar-refractivity contribution in [2.24, 2.45) is 5.41 Å². The second kappa shape index (κ2) is 8.07. The molecule has 1 aliphatic heterocycles. The van der Waals surface area contributed by atoms with Crippen LogP contribution in [0.3, 0.4) is 0 Å². The molecule has 0 radical (unpaired) electrons. The van der Waals surface area contributed by atoms with Gasteiger partial charge < -0.3 is 14.7 Å². The van der Waals surface area contributed by atoms with E-state index in [9.17, 15) is 9.59 Å². The maximum atomic E-state index is 13.1. The standard InChI is InChI=1S/C23H25N3O3S/c1-15-20(16(2)29-25-15)21(27)26-11-10-23(14-26,22(28)24-3)13-17-6-8-18(9-7-17)19-5-4-12-30-19/h4-9,12H,10-11,13-14H2,1-3H3,(H,24,28)/t23-/m1/s1. The Balaban J connectivity index is 1.56. The first-order valence-corrected chi connectivity index (χ1v) is 10.9. The highest BCUT2D eigenvalue weighted by Gasteiger charge is 2.46. The largest absolute Gasteiger partial charge is 0.361 e. The van der Waals surface area contributed by atoms with Crippen molar-refractivity contribution in [2.75, 3.05) is 20.1 Å². The van der Waals surface area contributed by atoms with Gasteiger partial charge in [-0.3, -0.25) is 9.59 Å². The fourth-order valence-electron chi connectivity index (χ4n) is 4.29. The van der Waals surface area contributed by atoms with Crippen LogP contribution in [0.5, 0.6) is 0 Å². The fourth-order valence-corrected chi connectivity index (χ4v) is 5.02. The van der Waals surface area contributed by atoms with Gasteiger partial charge >= 0.3 is 0 Å². The summed E-state index contributed by atoms with van der Waals surface area (Å²) in [6.07, 6.45) is 1.21. The summed E-state index contributed by atoms with van der Waals surface area (Å²) in [5.41, 5.74) is 2.70. The number of nitrogens with zero attached hydrogens (tertiary/aromatic N) is 2. The summed E-state index contributed by atoms with van der Waals surface area (Å²) in [7, 11) is 1.66. The quantitative estimate of drug-likeness (QED) is 0.677. The van der Waals surface area contributed by atoms with Crippen LogP contribution in [0.25, 0.3) is 10.4 Å². The normalized spacial score (nSPS) is 18.6. The summed E-state index contributed by atoms with van der Waals surface area (Å²) in [4.78, 5) is 29.0. The van der Waals surface area contributed by atoms with Gasteiger partial charge in [-0.15, -0.1) is 11.3 Å². The molecule has 0 aliphatic carbocycles. The van der Waals surface area contributed by atoms with E-state index in [4.69, 9.17) is 4.52 Å². The Hall–Kier alpha value is -2.93. The van der Waals surface area contributed by atoms with Crippen molar-refractivity contribution in [3.8, 4) is 10.4 Å². The zero-order valence-corrected chi connectivity index (χ0v) is 18.2. The van der Waals surface area contributed by atoms with Crippen molar-refractivity contribution in [3.05, 3.63) is 64.4 Å². The Morgan fingerprint density at radius 2 is 2.00 bits per heavy atom. The first-order chi connectivity index (χ1) is 14.4. The maximum Gasteiger partial charge on any atom is 0.259 e. The third kappa shape index (κ3) is 3.65. The third-order valence-corrected chi connectivity index (χ3v) is 6.82. The Morgan fingerprint density at radius 1 is 1.23 bits per heavy atom. The van der Waals surface area contributed by atoms with Gasteiger partial charge in [-0.25, -0.2) is 0 Å². The van der Waals surface area contributed by atoms with Gasteiger partial charge in [-0.2, -0.15) is 0 Å². The van der Waals surface area contributed by atoms with Crippen LogP contribution in [-0.2, 0) is 11.2 Å². The predicted octanol–water partition coefficient (Wildman–Crippen LogP) is 3.84. The molecule has 30 heavy (non-hydrogen) atoms. The van der Waals surface area contributed by atoms with Crippen molar-refractivity contribution < 1.29 is 14.1 Å². The Morgan fingerprint density at radius 3 is 2.60 bits per heavy atom. The number of nitrogens with one attached hydrogen (secondary N) is 1. The number of benzene rings is 1. The second-order valence-corrected chi connectivity index (χ2v) is 8.83. The molecule has 7 heteroatoms. The van der Waals surface area contributed by atoms with Gasteiger partial charge in [0.15, 0.2) is 0 Å². The fraction of sp³-hybridized carbons (Fsp3) is 0.348. The number of thiophene rings is 1. The number of carbonyl (C=O) groups excluding carboxylic acids is 2. The van der Waals surface area contributed by atoms with Gasteiger partial charge in [0.05, 0.1) is 11.1 Å². The molecule has 6 nitrogen and oxygen atoms in total.